The van der Waals surface area contributed by atoms with Gasteiger partial charge in [-0.1, -0.05) is 48.9 Å². The SMILES string of the molecule is CC[C@H](C(=O)NC)N(Cc1ccccc1)C(=O)CN(C)S(=O)(=O)c1ccc(Cl)cc1. The van der Waals surface area contributed by atoms with E-state index in [1.807, 2.05) is 30.3 Å². The largest absolute Gasteiger partial charge is 0.357 e. The normalized spacial score (nSPS) is 12.4. The van der Waals surface area contributed by atoms with Crippen molar-refractivity contribution in [2.45, 2.75) is 30.8 Å². The second-order valence-corrected chi connectivity index (χ2v) is 9.24. The van der Waals surface area contributed by atoms with Gasteiger partial charge in [0.25, 0.3) is 0 Å². The van der Waals surface area contributed by atoms with Crippen molar-refractivity contribution in [1.82, 2.24) is 14.5 Å². The van der Waals surface area contributed by atoms with Crippen molar-refractivity contribution in [1.29, 1.82) is 0 Å². The third-order valence-corrected chi connectivity index (χ3v) is 6.78. The molecule has 0 fully saturated rings. The van der Waals surface area contributed by atoms with E-state index in [2.05, 4.69) is 5.32 Å². The Morgan fingerprint density at radius 3 is 2.20 bits per heavy atom. The summed E-state index contributed by atoms with van der Waals surface area (Å²) in [7, 11) is -1.04. The average Bonchev–Trinajstić information content (AvgIpc) is 2.74. The zero-order valence-corrected chi connectivity index (χ0v) is 18.8. The zero-order valence-electron chi connectivity index (χ0n) is 17.2. The molecular weight excluding hydrogens is 426 g/mol. The molecule has 162 valence electrons. The summed E-state index contributed by atoms with van der Waals surface area (Å²) < 4.78 is 26.6. The molecule has 1 N–H and O–H groups in total. The molecular formula is C21H26ClN3O4S. The van der Waals surface area contributed by atoms with Crippen LogP contribution in [0.5, 0.6) is 0 Å². The van der Waals surface area contributed by atoms with Crippen molar-refractivity contribution in [3.05, 3.63) is 65.2 Å². The van der Waals surface area contributed by atoms with Gasteiger partial charge in [0, 0.05) is 25.7 Å². The van der Waals surface area contributed by atoms with Gasteiger partial charge in [-0.2, -0.15) is 4.31 Å². The third-order valence-electron chi connectivity index (χ3n) is 4.71. The first-order valence-corrected chi connectivity index (χ1v) is 11.3. The van der Waals surface area contributed by atoms with Gasteiger partial charge in [-0.3, -0.25) is 9.59 Å². The summed E-state index contributed by atoms with van der Waals surface area (Å²) in [6.45, 7) is 1.60. The lowest BCUT2D eigenvalue weighted by atomic mass is 10.1. The lowest BCUT2D eigenvalue weighted by Crippen LogP contribution is -2.51. The maximum atomic E-state index is 13.1. The fourth-order valence-electron chi connectivity index (χ4n) is 3.02. The quantitative estimate of drug-likeness (QED) is 0.634. The van der Waals surface area contributed by atoms with E-state index in [0.717, 1.165) is 9.87 Å². The van der Waals surface area contributed by atoms with Crippen molar-refractivity contribution >= 4 is 33.4 Å². The maximum absolute atomic E-state index is 13.1. The zero-order chi connectivity index (χ0) is 22.3. The van der Waals surface area contributed by atoms with Crippen LogP contribution in [-0.2, 0) is 26.2 Å². The van der Waals surface area contributed by atoms with Crippen molar-refractivity contribution in [2.75, 3.05) is 20.6 Å². The van der Waals surface area contributed by atoms with Gasteiger partial charge in [-0.05, 0) is 36.2 Å². The van der Waals surface area contributed by atoms with Crippen LogP contribution < -0.4 is 5.32 Å². The topological polar surface area (TPSA) is 86.8 Å². The summed E-state index contributed by atoms with van der Waals surface area (Å²) in [5.41, 5.74) is 0.844. The first kappa shape index (κ1) is 23.9. The summed E-state index contributed by atoms with van der Waals surface area (Å²) >= 11 is 5.83. The highest BCUT2D eigenvalue weighted by Gasteiger charge is 2.31. The number of amides is 2. The van der Waals surface area contributed by atoms with Crippen LogP contribution in [0.15, 0.2) is 59.5 Å². The van der Waals surface area contributed by atoms with Crippen molar-refractivity contribution in [3.63, 3.8) is 0 Å². The van der Waals surface area contributed by atoms with E-state index >= 15 is 0 Å². The molecule has 0 saturated heterocycles. The van der Waals surface area contributed by atoms with Crippen LogP contribution in [0.2, 0.25) is 5.02 Å². The molecule has 0 unspecified atom stereocenters. The lowest BCUT2D eigenvalue weighted by molar-refractivity contribution is -0.141. The fourth-order valence-corrected chi connectivity index (χ4v) is 4.27. The minimum Gasteiger partial charge on any atom is -0.357 e. The Balaban J connectivity index is 2.27. The molecule has 2 aromatic carbocycles. The molecule has 0 saturated carbocycles. The fraction of sp³-hybridized carbons (Fsp3) is 0.333. The molecule has 2 aromatic rings. The van der Waals surface area contributed by atoms with Crippen LogP contribution >= 0.6 is 11.6 Å². The standard InChI is InChI=1S/C21H26ClN3O4S/c1-4-19(21(27)23-2)25(14-16-8-6-5-7-9-16)20(26)15-24(3)30(28,29)18-12-10-17(22)11-13-18/h5-13,19H,4,14-15H2,1-3H3,(H,23,27)/t19-/m1/s1. The molecule has 0 spiro atoms. The highest BCUT2D eigenvalue weighted by atomic mass is 35.5. The van der Waals surface area contributed by atoms with E-state index in [-0.39, 0.29) is 17.3 Å². The molecule has 0 radical (unpaired) electrons. The predicted molar refractivity (Wildman–Crippen MR) is 116 cm³/mol. The number of hydrogen-bond donors (Lipinski definition) is 1. The molecule has 2 rings (SSSR count). The number of nitrogens with zero attached hydrogens (tertiary/aromatic N) is 2. The molecule has 0 aromatic heterocycles. The molecule has 9 heteroatoms. The molecule has 0 aliphatic heterocycles. The number of nitrogens with one attached hydrogen (secondary N) is 1. The van der Waals surface area contributed by atoms with Gasteiger partial charge >= 0.3 is 0 Å². The van der Waals surface area contributed by atoms with E-state index in [1.54, 1.807) is 6.92 Å². The van der Waals surface area contributed by atoms with Gasteiger partial charge in [0.15, 0.2) is 0 Å². The highest BCUT2D eigenvalue weighted by Crippen LogP contribution is 2.19. The second-order valence-electron chi connectivity index (χ2n) is 6.76. The third kappa shape index (κ3) is 5.81. The molecule has 1 atom stereocenters. The predicted octanol–water partition coefficient (Wildman–Crippen LogP) is 2.51. The second kappa shape index (κ2) is 10.6. The molecule has 7 nitrogen and oxygen atoms in total. The van der Waals surface area contributed by atoms with E-state index < -0.39 is 28.5 Å². The van der Waals surface area contributed by atoms with Crippen LogP contribution in [0.1, 0.15) is 18.9 Å². The Bertz CT molecular complexity index is 966. The summed E-state index contributed by atoms with van der Waals surface area (Å²) in [6, 6.07) is 14.3. The van der Waals surface area contributed by atoms with Crippen LogP contribution in [-0.4, -0.2) is 56.1 Å². The van der Waals surface area contributed by atoms with Gasteiger partial charge in [0.1, 0.15) is 6.04 Å². The Hall–Kier alpha value is -2.42. The lowest BCUT2D eigenvalue weighted by Gasteiger charge is -2.31. The number of sulfonamides is 1. The van der Waals surface area contributed by atoms with Gasteiger partial charge in [0.05, 0.1) is 11.4 Å². The first-order chi connectivity index (χ1) is 14.2. The van der Waals surface area contributed by atoms with Crippen LogP contribution in [0.25, 0.3) is 0 Å². The van der Waals surface area contributed by atoms with Crippen LogP contribution in [0.3, 0.4) is 0 Å². The molecule has 0 aliphatic carbocycles. The number of halogens is 1. The Morgan fingerprint density at radius 2 is 1.67 bits per heavy atom. The van der Waals surface area contributed by atoms with Gasteiger partial charge in [-0.25, -0.2) is 8.42 Å². The van der Waals surface area contributed by atoms with E-state index in [0.29, 0.717) is 11.4 Å². The van der Waals surface area contributed by atoms with E-state index in [1.165, 1.54) is 43.3 Å². The van der Waals surface area contributed by atoms with E-state index in [9.17, 15) is 18.0 Å². The molecule has 2 amide bonds. The van der Waals surface area contributed by atoms with Gasteiger partial charge in [-0.15, -0.1) is 0 Å². The molecule has 0 aliphatic rings. The minimum atomic E-state index is -3.89. The van der Waals surface area contributed by atoms with Gasteiger partial charge in [0.2, 0.25) is 21.8 Å². The average molecular weight is 452 g/mol. The molecule has 30 heavy (non-hydrogen) atoms. The smallest absolute Gasteiger partial charge is 0.243 e. The van der Waals surface area contributed by atoms with E-state index in [4.69, 9.17) is 11.6 Å². The summed E-state index contributed by atoms with van der Waals surface area (Å²) in [5.74, 6) is -0.765. The van der Waals surface area contributed by atoms with Gasteiger partial charge < -0.3 is 10.2 Å². The summed E-state index contributed by atoms with van der Waals surface area (Å²) in [4.78, 5) is 27.0. The van der Waals surface area contributed by atoms with Crippen molar-refractivity contribution < 1.29 is 18.0 Å². The molecule has 0 bridgehead atoms. The Labute approximate surface area is 182 Å². The molecule has 0 heterocycles. The highest BCUT2D eigenvalue weighted by molar-refractivity contribution is 7.89. The number of benzene rings is 2. The number of rotatable bonds is 9. The number of carbonyl (C=O) groups is 2. The summed E-state index contributed by atoms with van der Waals surface area (Å²) in [5, 5.41) is 2.99. The van der Waals surface area contributed by atoms with Crippen LogP contribution in [0.4, 0.5) is 0 Å². The Kier molecular flexibility index (Phi) is 8.40. The monoisotopic (exact) mass is 451 g/mol. The maximum Gasteiger partial charge on any atom is 0.243 e. The number of hydrogen-bond acceptors (Lipinski definition) is 4. The number of carbonyl (C=O) groups excluding carboxylic acids is 2. The first-order valence-electron chi connectivity index (χ1n) is 9.47. The minimum absolute atomic E-state index is 0.0372. The van der Waals surface area contributed by atoms with Crippen molar-refractivity contribution in [2.24, 2.45) is 0 Å². The van der Waals surface area contributed by atoms with Crippen molar-refractivity contribution in [3.8, 4) is 0 Å². The summed E-state index contributed by atoms with van der Waals surface area (Å²) in [6.07, 6.45) is 0.395. The number of likely N-dealkylation sites (N-methyl/N-ethyl adjacent to an activating group) is 2. The Morgan fingerprint density at radius 1 is 1.07 bits per heavy atom. The van der Waals surface area contributed by atoms with Crippen LogP contribution in [0, 0.1) is 0 Å².